The van der Waals surface area contributed by atoms with Gasteiger partial charge in [-0.2, -0.15) is 0 Å². The summed E-state index contributed by atoms with van der Waals surface area (Å²) < 4.78 is 4.84. The smallest absolute Gasteiger partial charge is 0.410 e. The summed E-state index contributed by atoms with van der Waals surface area (Å²) in [4.78, 5) is 20.2. The second-order valence-corrected chi connectivity index (χ2v) is 5.17. The van der Waals surface area contributed by atoms with Crippen LogP contribution in [0.2, 0.25) is 0 Å². The molecule has 0 bridgehead atoms. The number of pyridine rings is 1. The van der Waals surface area contributed by atoms with Crippen molar-refractivity contribution in [3.8, 4) is 0 Å². The van der Waals surface area contributed by atoms with E-state index in [1.807, 2.05) is 33.0 Å². The van der Waals surface area contributed by atoms with E-state index >= 15 is 0 Å². The maximum Gasteiger partial charge on any atom is 0.410 e. The Balaban J connectivity index is 2.13. The van der Waals surface area contributed by atoms with Crippen molar-refractivity contribution in [1.29, 1.82) is 0 Å². The first-order valence-corrected chi connectivity index (χ1v) is 6.56. The lowest BCUT2D eigenvalue weighted by Gasteiger charge is -2.43. The van der Waals surface area contributed by atoms with E-state index in [2.05, 4.69) is 16.0 Å². The normalized spacial score (nSPS) is 23.4. The maximum atomic E-state index is 11.7. The summed E-state index contributed by atoms with van der Waals surface area (Å²) in [5.41, 5.74) is 1.15. The summed E-state index contributed by atoms with van der Waals surface area (Å²) in [6, 6.07) is 4.31. The van der Waals surface area contributed by atoms with Gasteiger partial charge >= 0.3 is 6.09 Å². The highest BCUT2D eigenvalue weighted by Gasteiger charge is 2.33. The highest BCUT2D eigenvalue weighted by molar-refractivity contribution is 5.69. The van der Waals surface area contributed by atoms with Crippen molar-refractivity contribution in [2.75, 3.05) is 25.1 Å². The molecular formula is C14H21N3O2. The molecule has 19 heavy (non-hydrogen) atoms. The highest BCUT2D eigenvalue weighted by atomic mass is 16.5. The van der Waals surface area contributed by atoms with Gasteiger partial charge in [-0.1, -0.05) is 6.07 Å². The molecule has 2 atom stereocenters. The Labute approximate surface area is 114 Å². The van der Waals surface area contributed by atoms with Gasteiger partial charge in [0.25, 0.3) is 0 Å². The molecule has 0 aliphatic carbocycles. The van der Waals surface area contributed by atoms with Crippen LogP contribution in [0.3, 0.4) is 0 Å². The zero-order valence-corrected chi connectivity index (χ0v) is 12.0. The van der Waals surface area contributed by atoms with Crippen molar-refractivity contribution in [2.24, 2.45) is 0 Å². The molecule has 0 aromatic carbocycles. The van der Waals surface area contributed by atoms with E-state index in [-0.39, 0.29) is 18.2 Å². The van der Waals surface area contributed by atoms with E-state index in [9.17, 15) is 4.79 Å². The van der Waals surface area contributed by atoms with Gasteiger partial charge in [0, 0.05) is 19.3 Å². The number of carbonyl (C=O) groups excluding carboxylic acids is 1. The number of anilines is 1. The predicted octanol–water partition coefficient (Wildman–Crippen LogP) is 2.06. The van der Waals surface area contributed by atoms with Crippen LogP contribution in [-0.2, 0) is 4.74 Å². The number of piperazine rings is 1. The Bertz CT molecular complexity index is 435. The number of aryl methyl sites for hydroxylation is 1. The SMILES string of the molecule is COC(=O)N1[C@H](C)CN(c2ccc(C)cn2)C[C@@H]1C. The Morgan fingerprint density at radius 2 is 1.95 bits per heavy atom. The van der Waals surface area contributed by atoms with E-state index in [1.54, 1.807) is 4.90 Å². The van der Waals surface area contributed by atoms with Crippen molar-refractivity contribution < 1.29 is 9.53 Å². The summed E-state index contributed by atoms with van der Waals surface area (Å²) in [5, 5.41) is 0. The van der Waals surface area contributed by atoms with E-state index in [0.717, 1.165) is 24.5 Å². The molecule has 0 saturated carbocycles. The summed E-state index contributed by atoms with van der Waals surface area (Å²) in [5.74, 6) is 0.966. The molecule has 0 N–H and O–H groups in total. The lowest BCUT2D eigenvalue weighted by atomic mass is 10.1. The lowest BCUT2D eigenvalue weighted by molar-refractivity contribution is 0.0818. The summed E-state index contributed by atoms with van der Waals surface area (Å²) >= 11 is 0. The Morgan fingerprint density at radius 3 is 2.42 bits per heavy atom. The van der Waals surface area contributed by atoms with Crippen molar-refractivity contribution in [3.05, 3.63) is 23.9 Å². The van der Waals surface area contributed by atoms with E-state index in [4.69, 9.17) is 4.74 Å². The molecule has 0 unspecified atom stereocenters. The average molecular weight is 263 g/mol. The van der Waals surface area contributed by atoms with Gasteiger partial charge in [0.1, 0.15) is 5.82 Å². The molecule has 1 amide bonds. The molecule has 5 nitrogen and oxygen atoms in total. The minimum absolute atomic E-state index is 0.110. The fourth-order valence-corrected chi connectivity index (χ4v) is 2.62. The summed E-state index contributed by atoms with van der Waals surface area (Å²) in [7, 11) is 1.43. The third-order valence-electron chi connectivity index (χ3n) is 3.52. The number of hydrogen-bond donors (Lipinski definition) is 0. The van der Waals surface area contributed by atoms with Crippen LogP contribution in [0.4, 0.5) is 10.6 Å². The van der Waals surface area contributed by atoms with Crippen LogP contribution < -0.4 is 4.90 Å². The molecule has 0 spiro atoms. The van der Waals surface area contributed by atoms with E-state index < -0.39 is 0 Å². The molecule has 104 valence electrons. The molecule has 2 heterocycles. The van der Waals surface area contributed by atoms with Crippen molar-refractivity contribution in [2.45, 2.75) is 32.9 Å². The minimum Gasteiger partial charge on any atom is -0.453 e. The number of ether oxygens (including phenoxy) is 1. The van der Waals surface area contributed by atoms with Crippen LogP contribution in [0.1, 0.15) is 19.4 Å². The fourth-order valence-electron chi connectivity index (χ4n) is 2.62. The molecule has 2 rings (SSSR count). The van der Waals surface area contributed by atoms with Crippen LogP contribution in [0.25, 0.3) is 0 Å². The van der Waals surface area contributed by atoms with Crippen molar-refractivity contribution in [3.63, 3.8) is 0 Å². The number of methoxy groups -OCH3 is 1. The largest absolute Gasteiger partial charge is 0.453 e. The van der Waals surface area contributed by atoms with Crippen molar-refractivity contribution >= 4 is 11.9 Å². The number of hydrogen-bond acceptors (Lipinski definition) is 4. The van der Waals surface area contributed by atoms with Crippen LogP contribution in [0, 0.1) is 6.92 Å². The molecule has 1 aromatic rings. The summed E-state index contributed by atoms with van der Waals surface area (Å²) in [6.07, 6.45) is 1.62. The first-order chi connectivity index (χ1) is 9.02. The van der Waals surface area contributed by atoms with Gasteiger partial charge in [-0.3, -0.25) is 4.90 Å². The quantitative estimate of drug-likeness (QED) is 0.778. The number of aromatic nitrogens is 1. The molecule has 1 saturated heterocycles. The van der Waals surface area contributed by atoms with Gasteiger partial charge in [0.05, 0.1) is 19.2 Å². The molecule has 5 heteroatoms. The summed E-state index contributed by atoms with van der Waals surface area (Å²) in [6.45, 7) is 7.64. The van der Waals surface area contributed by atoms with Crippen LogP contribution in [0.15, 0.2) is 18.3 Å². The van der Waals surface area contributed by atoms with Gasteiger partial charge < -0.3 is 9.64 Å². The molecule has 1 fully saturated rings. The van der Waals surface area contributed by atoms with Crippen LogP contribution in [-0.4, -0.2) is 48.3 Å². The Morgan fingerprint density at radius 1 is 1.32 bits per heavy atom. The van der Waals surface area contributed by atoms with Gasteiger partial charge in [-0.25, -0.2) is 9.78 Å². The van der Waals surface area contributed by atoms with Crippen LogP contribution in [0.5, 0.6) is 0 Å². The number of carbonyl (C=O) groups is 1. The molecular weight excluding hydrogens is 242 g/mol. The zero-order chi connectivity index (χ0) is 14.0. The second kappa shape index (κ2) is 5.47. The van der Waals surface area contributed by atoms with Gasteiger partial charge in [0.15, 0.2) is 0 Å². The minimum atomic E-state index is -0.253. The average Bonchev–Trinajstić information content (AvgIpc) is 2.38. The number of amides is 1. The third kappa shape index (κ3) is 2.80. The molecule has 1 aliphatic rings. The molecule has 1 aliphatic heterocycles. The fraction of sp³-hybridized carbons (Fsp3) is 0.571. The Hall–Kier alpha value is -1.78. The number of nitrogens with zero attached hydrogens (tertiary/aromatic N) is 3. The van der Waals surface area contributed by atoms with Gasteiger partial charge in [-0.15, -0.1) is 0 Å². The predicted molar refractivity (Wildman–Crippen MR) is 74.4 cm³/mol. The van der Waals surface area contributed by atoms with E-state index in [0.29, 0.717) is 0 Å². The highest BCUT2D eigenvalue weighted by Crippen LogP contribution is 2.21. The number of rotatable bonds is 1. The van der Waals surface area contributed by atoms with Gasteiger partial charge in [0.2, 0.25) is 0 Å². The second-order valence-electron chi connectivity index (χ2n) is 5.17. The third-order valence-corrected chi connectivity index (χ3v) is 3.52. The molecule has 1 aromatic heterocycles. The lowest BCUT2D eigenvalue weighted by Crippen LogP contribution is -2.58. The monoisotopic (exact) mass is 263 g/mol. The van der Waals surface area contributed by atoms with Crippen molar-refractivity contribution in [1.82, 2.24) is 9.88 Å². The van der Waals surface area contributed by atoms with Gasteiger partial charge in [-0.05, 0) is 32.4 Å². The molecule has 0 radical (unpaired) electrons. The van der Waals surface area contributed by atoms with Crippen LogP contribution >= 0.6 is 0 Å². The Kier molecular flexibility index (Phi) is 3.93. The standard InChI is InChI=1S/C14H21N3O2/c1-10-5-6-13(15-7-10)16-8-11(2)17(12(3)9-16)14(18)19-4/h5-7,11-12H,8-9H2,1-4H3/t11-,12+. The topological polar surface area (TPSA) is 45.7 Å². The first-order valence-electron chi connectivity index (χ1n) is 6.56. The zero-order valence-electron chi connectivity index (χ0n) is 12.0. The maximum absolute atomic E-state index is 11.7. The first kappa shape index (κ1) is 13.6. The van der Waals surface area contributed by atoms with E-state index in [1.165, 1.54) is 7.11 Å².